The summed E-state index contributed by atoms with van der Waals surface area (Å²) in [5, 5.41) is 3.66. The van der Waals surface area contributed by atoms with Crippen molar-refractivity contribution in [2.75, 3.05) is 12.9 Å². The zero-order chi connectivity index (χ0) is 23.7. The quantitative estimate of drug-likeness (QED) is 0.505. The molecule has 0 radical (unpaired) electrons. The molecule has 0 spiro atoms. The summed E-state index contributed by atoms with van der Waals surface area (Å²) in [5.74, 6) is 1.60. The molecule has 1 atom stereocenters. The topological polar surface area (TPSA) is 58.6 Å². The van der Waals surface area contributed by atoms with Crippen LogP contribution in [-0.4, -0.2) is 41.2 Å². The average Bonchev–Trinajstić information content (AvgIpc) is 2.74. The van der Waals surface area contributed by atoms with Crippen LogP contribution in [-0.2, 0) is 21.9 Å². The van der Waals surface area contributed by atoms with Crippen LogP contribution in [0.25, 0.3) is 0 Å². The predicted octanol–water partition coefficient (Wildman–Crippen LogP) is 5.30. The van der Waals surface area contributed by atoms with Crippen molar-refractivity contribution in [1.82, 2.24) is 10.2 Å². The summed E-state index contributed by atoms with van der Waals surface area (Å²) in [5.41, 5.74) is 1.68. The lowest BCUT2D eigenvalue weighted by Gasteiger charge is -2.33. The molecule has 0 saturated heterocycles. The van der Waals surface area contributed by atoms with Crippen LogP contribution in [0.1, 0.15) is 45.2 Å². The van der Waals surface area contributed by atoms with Crippen LogP contribution < -0.4 is 10.1 Å². The predicted molar refractivity (Wildman–Crippen MR) is 133 cm³/mol. The minimum Gasteiger partial charge on any atom is -0.497 e. The second kappa shape index (κ2) is 12.2. The molecule has 7 heteroatoms. The Bertz CT molecular complexity index is 880. The van der Waals surface area contributed by atoms with Gasteiger partial charge in [-0.15, -0.1) is 11.8 Å². The molecule has 0 heterocycles. The van der Waals surface area contributed by atoms with Crippen molar-refractivity contribution in [3.05, 3.63) is 64.7 Å². The fraction of sp³-hybridized carbons (Fsp3) is 0.440. The van der Waals surface area contributed by atoms with Gasteiger partial charge in [-0.25, -0.2) is 0 Å². The van der Waals surface area contributed by atoms with Gasteiger partial charge in [-0.3, -0.25) is 9.59 Å². The summed E-state index contributed by atoms with van der Waals surface area (Å²) in [6.07, 6.45) is 0.532. The third kappa shape index (κ3) is 8.40. The van der Waals surface area contributed by atoms with Gasteiger partial charge in [-0.1, -0.05) is 42.8 Å². The molecule has 0 aliphatic heterocycles. The van der Waals surface area contributed by atoms with E-state index in [1.54, 1.807) is 24.1 Å². The zero-order valence-corrected chi connectivity index (χ0v) is 21.1. The van der Waals surface area contributed by atoms with E-state index in [0.717, 1.165) is 16.9 Å². The highest BCUT2D eigenvalue weighted by molar-refractivity contribution is 7.99. The minimum absolute atomic E-state index is 0.0608. The van der Waals surface area contributed by atoms with Crippen molar-refractivity contribution in [3.8, 4) is 5.75 Å². The number of carbonyl (C=O) groups excluding carboxylic acids is 2. The Morgan fingerprint density at radius 3 is 2.19 bits per heavy atom. The second-order valence-electron chi connectivity index (χ2n) is 8.65. The molecule has 0 bridgehead atoms. The lowest BCUT2D eigenvalue weighted by atomic mass is 10.1. The molecule has 0 aliphatic carbocycles. The fourth-order valence-electron chi connectivity index (χ4n) is 3.22. The van der Waals surface area contributed by atoms with Gasteiger partial charge in [-0.05, 0) is 62.6 Å². The third-order valence-corrected chi connectivity index (χ3v) is 6.04. The number of rotatable bonds is 10. The lowest BCUT2D eigenvalue weighted by molar-refractivity contribution is -0.140. The van der Waals surface area contributed by atoms with Gasteiger partial charge in [0.15, 0.2) is 0 Å². The van der Waals surface area contributed by atoms with Crippen LogP contribution in [0.3, 0.4) is 0 Å². The van der Waals surface area contributed by atoms with Crippen LogP contribution >= 0.6 is 23.4 Å². The highest BCUT2D eigenvalue weighted by Gasteiger charge is 2.30. The largest absolute Gasteiger partial charge is 0.497 e. The SMILES string of the molecule is CC[C@H](C(=O)NC(C)(C)C)N(Cc1ccc(Cl)cc1)C(=O)CSCc1ccc(OC)cc1. The summed E-state index contributed by atoms with van der Waals surface area (Å²) < 4.78 is 5.19. The van der Waals surface area contributed by atoms with Crippen LogP contribution in [0.2, 0.25) is 5.02 Å². The van der Waals surface area contributed by atoms with Gasteiger partial charge in [0.2, 0.25) is 11.8 Å². The average molecular weight is 477 g/mol. The van der Waals surface area contributed by atoms with Crippen LogP contribution in [0, 0.1) is 0 Å². The Labute approximate surface area is 200 Å². The first-order chi connectivity index (χ1) is 15.1. The maximum Gasteiger partial charge on any atom is 0.243 e. The van der Waals surface area contributed by atoms with Crippen molar-refractivity contribution < 1.29 is 14.3 Å². The van der Waals surface area contributed by atoms with Crippen molar-refractivity contribution in [1.29, 1.82) is 0 Å². The van der Waals surface area contributed by atoms with Crippen molar-refractivity contribution in [2.24, 2.45) is 0 Å². The number of nitrogens with one attached hydrogen (secondary N) is 1. The van der Waals surface area contributed by atoms with Crippen LogP contribution in [0.4, 0.5) is 0 Å². The molecule has 0 aromatic heterocycles. The number of methoxy groups -OCH3 is 1. The van der Waals surface area contributed by atoms with Gasteiger partial charge >= 0.3 is 0 Å². The van der Waals surface area contributed by atoms with Gasteiger partial charge in [0.1, 0.15) is 11.8 Å². The van der Waals surface area contributed by atoms with E-state index in [4.69, 9.17) is 16.3 Å². The normalized spacial score (nSPS) is 12.2. The highest BCUT2D eigenvalue weighted by Crippen LogP contribution is 2.20. The van der Waals surface area contributed by atoms with E-state index in [2.05, 4.69) is 5.32 Å². The zero-order valence-electron chi connectivity index (χ0n) is 19.5. The first-order valence-electron chi connectivity index (χ1n) is 10.7. The first-order valence-corrected chi connectivity index (χ1v) is 12.2. The van der Waals surface area contributed by atoms with Gasteiger partial charge in [0.05, 0.1) is 12.9 Å². The number of hydrogen-bond donors (Lipinski definition) is 1. The van der Waals surface area contributed by atoms with E-state index >= 15 is 0 Å². The van der Waals surface area contributed by atoms with E-state index < -0.39 is 6.04 Å². The highest BCUT2D eigenvalue weighted by atomic mass is 35.5. The van der Waals surface area contributed by atoms with E-state index in [0.29, 0.717) is 29.5 Å². The summed E-state index contributed by atoms with van der Waals surface area (Å²) in [6.45, 7) is 8.10. The van der Waals surface area contributed by atoms with E-state index in [9.17, 15) is 9.59 Å². The number of ether oxygens (including phenoxy) is 1. The number of hydrogen-bond acceptors (Lipinski definition) is 4. The molecule has 2 rings (SSSR count). The van der Waals surface area contributed by atoms with Crippen LogP contribution in [0.15, 0.2) is 48.5 Å². The summed E-state index contributed by atoms with van der Waals surface area (Å²) in [7, 11) is 1.64. The molecular formula is C25H33ClN2O3S. The fourth-order valence-corrected chi connectivity index (χ4v) is 4.22. The molecule has 2 aromatic carbocycles. The number of thioether (sulfide) groups is 1. The maximum absolute atomic E-state index is 13.3. The molecule has 0 unspecified atom stereocenters. The lowest BCUT2D eigenvalue weighted by Crippen LogP contribution is -2.53. The van der Waals surface area contributed by atoms with Crippen molar-refractivity contribution >= 4 is 35.2 Å². The number of benzene rings is 2. The molecule has 0 saturated carbocycles. The number of halogens is 1. The second-order valence-corrected chi connectivity index (χ2v) is 10.1. The Hall–Kier alpha value is -2.18. The Morgan fingerprint density at radius 2 is 1.66 bits per heavy atom. The summed E-state index contributed by atoms with van der Waals surface area (Å²) in [4.78, 5) is 27.9. The standard InChI is InChI=1S/C25H33ClN2O3S/c1-6-22(24(30)27-25(2,3)4)28(15-18-7-11-20(26)12-8-18)23(29)17-32-16-19-9-13-21(31-5)14-10-19/h7-14,22H,6,15-17H2,1-5H3,(H,27,30)/t22-/m1/s1. The first kappa shape index (κ1) is 26.1. The van der Waals surface area contributed by atoms with E-state index in [-0.39, 0.29) is 17.4 Å². The van der Waals surface area contributed by atoms with Gasteiger partial charge < -0.3 is 15.0 Å². The maximum atomic E-state index is 13.3. The van der Waals surface area contributed by atoms with Gasteiger partial charge in [0, 0.05) is 22.9 Å². The summed E-state index contributed by atoms with van der Waals surface area (Å²) in [6, 6.07) is 14.6. The van der Waals surface area contributed by atoms with Crippen molar-refractivity contribution in [3.63, 3.8) is 0 Å². The number of amides is 2. The molecule has 1 N–H and O–H groups in total. The summed E-state index contributed by atoms with van der Waals surface area (Å²) >= 11 is 7.55. The monoisotopic (exact) mass is 476 g/mol. The molecule has 0 aliphatic rings. The number of carbonyl (C=O) groups is 2. The molecule has 2 amide bonds. The number of nitrogens with zero attached hydrogens (tertiary/aromatic N) is 1. The smallest absolute Gasteiger partial charge is 0.243 e. The van der Waals surface area contributed by atoms with E-state index in [1.807, 2.05) is 64.1 Å². The molecule has 174 valence electrons. The Morgan fingerprint density at radius 1 is 1.06 bits per heavy atom. The third-order valence-electron chi connectivity index (χ3n) is 4.80. The Balaban J connectivity index is 2.12. The molecule has 2 aromatic rings. The molecule has 32 heavy (non-hydrogen) atoms. The van der Waals surface area contributed by atoms with E-state index in [1.165, 1.54) is 11.8 Å². The molecular weight excluding hydrogens is 444 g/mol. The van der Waals surface area contributed by atoms with Crippen molar-refractivity contribution in [2.45, 2.75) is 58.0 Å². The minimum atomic E-state index is -0.543. The van der Waals surface area contributed by atoms with Gasteiger partial charge in [0.25, 0.3) is 0 Å². The Kier molecular flexibility index (Phi) is 9.91. The molecule has 5 nitrogen and oxygen atoms in total. The van der Waals surface area contributed by atoms with Crippen LogP contribution in [0.5, 0.6) is 5.75 Å². The molecule has 0 fully saturated rings. The van der Waals surface area contributed by atoms with Gasteiger partial charge in [-0.2, -0.15) is 0 Å².